The minimum absolute atomic E-state index is 0.257. The van der Waals surface area contributed by atoms with E-state index in [4.69, 9.17) is 11.6 Å². The quantitative estimate of drug-likeness (QED) is 0.802. The van der Waals surface area contributed by atoms with Crippen LogP contribution in [0.2, 0.25) is 5.02 Å². The van der Waals surface area contributed by atoms with Gasteiger partial charge in [-0.15, -0.1) is 0 Å². The van der Waals surface area contributed by atoms with Crippen molar-refractivity contribution < 1.29 is 19.5 Å². The molecular formula is C17H11ClNO4-. The normalized spacial score (nSPS) is 14.7. The highest BCUT2D eigenvalue weighted by Gasteiger charge is 2.40. The first kappa shape index (κ1) is 15.2. The van der Waals surface area contributed by atoms with Gasteiger partial charge in [-0.3, -0.25) is 14.5 Å². The van der Waals surface area contributed by atoms with E-state index in [9.17, 15) is 19.5 Å². The first-order valence-electron chi connectivity index (χ1n) is 6.92. The van der Waals surface area contributed by atoms with Crippen LogP contribution in [0.15, 0.2) is 48.5 Å². The Morgan fingerprint density at radius 3 is 2.04 bits per heavy atom. The molecule has 0 aromatic heterocycles. The van der Waals surface area contributed by atoms with Crippen LogP contribution in [0.25, 0.3) is 0 Å². The molecule has 3 rings (SSSR count). The highest BCUT2D eigenvalue weighted by Crippen LogP contribution is 2.36. The van der Waals surface area contributed by atoms with Gasteiger partial charge in [0.05, 0.1) is 17.2 Å². The molecule has 23 heavy (non-hydrogen) atoms. The zero-order valence-corrected chi connectivity index (χ0v) is 12.6. The van der Waals surface area contributed by atoms with Gasteiger partial charge in [-0.2, -0.15) is 0 Å². The van der Waals surface area contributed by atoms with E-state index < -0.39 is 30.2 Å². The van der Waals surface area contributed by atoms with E-state index in [1.165, 1.54) is 12.1 Å². The molecule has 0 saturated carbocycles. The second-order valence-corrected chi connectivity index (χ2v) is 5.55. The highest BCUT2D eigenvalue weighted by atomic mass is 35.5. The lowest BCUT2D eigenvalue weighted by molar-refractivity contribution is -0.306. The van der Waals surface area contributed by atoms with Crippen molar-refractivity contribution in [3.05, 3.63) is 70.2 Å². The summed E-state index contributed by atoms with van der Waals surface area (Å²) in [4.78, 5) is 37.2. The Balaban J connectivity index is 2.09. The molecular weight excluding hydrogens is 318 g/mol. The van der Waals surface area contributed by atoms with Gasteiger partial charge in [0.15, 0.2) is 0 Å². The fourth-order valence-corrected chi connectivity index (χ4v) is 3.00. The van der Waals surface area contributed by atoms with E-state index in [2.05, 4.69) is 0 Å². The average Bonchev–Trinajstić information content (AvgIpc) is 2.78. The summed E-state index contributed by atoms with van der Waals surface area (Å²) in [7, 11) is 0. The number of nitrogens with zero attached hydrogens (tertiary/aromatic N) is 1. The number of carbonyl (C=O) groups is 3. The van der Waals surface area contributed by atoms with Crippen LogP contribution in [0.3, 0.4) is 0 Å². The average molecular weight is 329 g/mol. The van der Waals surface area contributed by atoms with Gasteiger partial charge < -0.3 is 9.90 Å². The maximum Gasteiger partial charge on any atom is 0.262 e. The van der Waals surface area contributed by atoms with Gasteiger partial charge in [-0.25, -0.2) is 0 Å². The molecule has 0 radical (unpaired) electrons. The summed E-state index contributed by atoms with van der Waals surface area (Å²) in [5, 5.41) is 11.4. The first-order valence-corrected chi connectivity index (χ1v) is 7.29. The lowest BCUT2D eigenvalue weighted by Crippen LogP contribution is -2.38. The van der Waals surface area contributed by atoms with Gasteiger partial charge in [0.1, 0.15) is 0 Å². The van der Waals surface area contributed by atoms with Crippen LogP contribution in [-0.2, 0) is 4.79 Å². The van der Waals surface area contributed by atoms with Gasteiger partial charge in [0.25, 0.3) is 11.8 Å². The van der Waals surface area contributed by atoms with Crippen LogP contribution >= 0.6 is 11.6 Å². The Morgan fingerprint density at radius 2 is 1.52 bits per heavy atom. The number of amides is 2. The number of carbonyl (C=O) groups excluding carboxylic acids is 3. The third-order valence-corrected chi connectivity index (χ3v) is 4.11. The summed E-state index contributed by atoms with van der Waals surface area (Å²) >= 11 is 6.12. The zero-order chi connectivity index (χ0) is 16.6. The number of hydrogen-bond acceptors (Lipinski definition) is 4. The molecule has 1 atom stereocenters. The Hall–Kier alpha value is -2.66. The second kappa shape index (κ2) is 5.85. The van der Waals surface area contributed by atoms with Gasteiger partial charge >= 0.3 is 0 Å². The van der Waals surface area contributed by atoms with Gasteiger partial charge in [-0.1, -0.05) is 41.9 Å². The summed E-state index contributed by atoms with van der Waals surface area (Å²) < 4.78 is 0. The third-order valence-electron chi connectivity index (χ3n) is 3.76. The predicted molar refractivity (Wildman–Crippen MR) is 80.8 cm³/mol. The Morgan fingerprint density at radius 1 is 1.00 bits per heavy atom. The van der Waals surface area contributed by atoms with E-state index in [0.717, 1.165) is 4.90 Å². The topological polar surface area (TPSA) is 77.5 Å². The molecule has 1 aliphatic heterocycles. The predicted octanol–water partition coefficient (Wildman–Crippen LogP) is 1.82. The number of aliphatic carboxylic acids is 1. The summed E-state index contributed by atoms with van der Waals surface area (Å²) in [6.45, 7) is 0. The number of carboxylic acids is 1. The molecule has 0 aliphatic carbocycles. The Kier molecular flexibility index (Phi) is 3.88. The number of imide groups is 1. The van der Waals surface area contributed by atoms with Crippen LogP contribution in [-0.4, -0.2) is 22.7 Å². The number of fused-ring (bicyclic) bond motifs is 1. The van der Waals surface area contributed by atoms with Crippen molar-refractivity contribution in [3.63, 3.8) is 0 Å². The van der Waals surface area contributed by atoms with E-state index in [0.29, 0.717) is 5.56 Å². The van der Waals surface area contributed by atoms with Crippen molar-refractivity contribution in [2.45, 2.75) is 12.5 Å². The molecule has 5 nitrogen and oxygen atoms in total. The van der Waals surface area contributed by atoms with Crippen LogP contribution in [0.4, 0.5) is 0 Å². The molecule has 116 valence electrons. The number of hydrogen-bond donors (Lipinski definition) is 0. The number of halogens is 1. The SMILES string of the molecule is O=C([O-])C[C@H](c1ccccc1Cl)N1C(=O)c2ccccc2C1=O. The van der Waals surface area contributed by atoms with Crippen molar-refractivity contribution in [2.24, 2.45) is 0 Å². The maximum atomic E-state index is 12.6. The monoisotopic (exact) mass is 328 g/mol. The minimum atomic E-state index is -1.37. The molecule has 0 bridgehead atoms. The Bertz CT molecular complexity index is 783. The van der Waals surface area contributed by atoms with Crippen molar-refractivity contribution in [3.8, 4) is 0 Å². The maximum absolute atomic E-state index is 12.6. The molecule has 2 amide bonds. The zero-order valence-electron chi connectivity index (χ0n) is 11.9. The number of benzene rings is 2. The molecule has 1 heterocycles. The number of carboxylic acid groups (broad SMARTS) is 1. The first-order chi connectivity index (χ1) is 11.0. The van der Waals surface area contributed by atoms with Gasteiger partial charge in [0, 0.05) is 17.4 Å². The largest absolute Gasteiger partial charge is 0.550 e. The highest BCUT2D eigenvalue weighted by molar-refractivity contribution is 6.31. The van der Waals surface area contributed by atoms with Crippen LogP contribution in [0.5, 0.6) is 0 Å². The third kappa shape index (κ3) is 2.59. The molecule has 0 fully saturated rings. The second-order valence-electron chi connectivity index (χ2n) is 5.14. The summed E-state index contributed by atoms with van der Waals surface area (Å²) in [6, 6.07) is 11.9. The molecule has 0 saturated heterocycles. The minimum Gasteiger partial charge on any atom is -0.550 e. The van der Waals surface area contributed by atoms with Gasteiger partial charge in [-0.05, 0) is 23.8 Å². The van der Waals surface area contributed by atoms with Crippen LogP contribution in [0.1, 0.15) is 38.7 Å². The lowest BCUT2D eigenvalue weighted by Gasteiger charge is -2.27. The van der Waals surface area contributed by atoms with E-state index in [1.54, 1.807) is 36.4 Å². The summed E-state index contributed by atoms with van der Waals surface area (Å²) in [6.07, 6.45) is -0.519. The summed E-state index contributed by atoms with van der Waals surface area (Å²) in [5.41, 5.74) is 0.911. The molecule has 1 aliphatic rings. The standard InChI is InChI=1S/C17H12ClNO4/c18-13-8-4-3-7-12(13)14(9-15(20)21)19-16(22)10-5-1-2-6-11(10)17(19)23/h1-8,14H,9H2,(H,20,21)/p-1/t14-/m1/s1. The fourth-order valence-electron chi connectivity index (χ4n) is 2.73. The van der Waals surface area contributed by atoms with Crippen molar-refractivity contribution in [1.82, 2.24) is 4.90 Å². The molecule has 2 aromatic rings. The smallest absolute Gasteiger partial charge is 0.262 e. The fraction of sp³-hybridized carbons (Fsp3) is 0.118. The lowest BCUT2D eigenvalue weighted by atomic mass is 10.0. The Labute approximate surface area is 137 Å². The molecule has 6 heteroatoms. The van der Waals surface area contributed by atoms with Gasteiger partial charge in [0.2, 0.25) is 0 Å². The van der Waals surface area contributed by atoms with E-state index >= 15 is 0 Å². The molecule has 0 unspecified atom stereocenters. The molecule has 0 spiro atoms. The van der Waals surface area contributed by atoms with E-state index in [1.807, 2.05) is 0 Å². The van der Waals surface area contributed by atoms with Crippen LogP contribution < -0.4 is 5.11 Å². The molecule has 2 aromatic carbocycles. The van der Waals surface area contributed by atoms with Crippen molar-refractivity contribution >= 4 is 29.4 Å². The van der Waals surface area contributed by atoms with Crippen LogP contribution in [0, 0.1) is 0 Å². The van der Waals surface area contributed by atoms with E-state index in [-0.39, 0.29) is 16.1 Å². The summed E-state index contributed by atoms with van der Waals surface area (Å²) in [5.74, 6) is -2.43. The molecule has 0 N–H and O–H groups in total. The van der Waals surface area contributed by atoms with Crippen molar-refractivity contribution in [1.29, 1.82) is 0 Å². The van der Waals surface area contributed by atoms with Crippen molar-refractivity contribution in [2.75, 3.05) is 0 Å². The number of rotatable bonds is 4.